The van der Waals surface area contributed by atoms with Gasteiger partial charge in [-0.2, -0.15) is 0 Å². The number of ketones is 1. The summed E-state index contributed by atoms with van der Waals surface area (Å²) in [6.07, 6.45) is 7.44. The quantitative estimate of drug-likeness (QED) is 0.822. The third-order valence-electron chi connectivity index (χ3n) is 5.04. The summed E-state index contributed by atoms with van der Waals surface area (Å²) in [5.41, 5.74) is 3.54. The molecule has 1 fully saturated rings. The Balaban J connectivity index is 1.88. The highest BCUT2D eigenvalue weighted by molar-refractivity contribution is 5.98. The van der Waals surface area contributed by atoms with Gasteiger partial charge < -0.3 is 5.32 Å². The molecule has 1 aromatic rings. The van der Waals surface area contributed by atoms with Gasteiger partial charge in [0.05, 0.1) is 0 Å². The lowest BCUT2D eigenvalue weighted by Crippen LogP contribution is -2.44. The number of rotatable bonds is 2. The maximum Gasteiger partial charge on any atom is 0.160 e. The van der Waals surface area contributed by atoms with Crippen LogP contribution in [0.1, 0.15) is 57.6 Å². The van der Waals surface area contributed by atoms with Crippen molar-refractivity contribution < 1.29 is 4.79 Å². The van der Waals surface area contributed by atoms with Crippen LogP contribution in [0, 0.1) is 11.8 Å². The minimum absolute atomic E-state index is 0.000321. The van der Waals surface area contributed by atoms with E-state index in [-0.39, 0.29) is 11.5 Å². The molecule has 0 bridgehead atoms. The van der Waals surface area contributed by atoms with Crippen LogP contribution in [0.2, 0.25) is 0 Å². The maximum atomic E-state index is 12.7. The average molecular weight is 297 g/mol. The molecule has 0 aromatic heterocycles. The van der Waals surface area contributed by atoms with E-state index in [0.29, 0.717) is 11.7 Å². The molecule has 2 aliphatic rings. The summed E-state index contributed by atoms with van der Waals surface area (Å²) < 4.78 is 0. The van der Waals surface area contributed by atoms with E-state index in [9.17, 15) is 4.79 Å². The van der Waals surface area contributed by atoms with E-state index in [1.807, 2.05) is 6.08 Å². The molecule has 1 N–H and O–H groups in total. The molecule has 2 atom stereocenters. The Morgan fingerprint density at radius 2 is 2.05 bits per heavy atom. The van der Waals surface area contributed by atoms with Crippen LogP contribution in [0.4, 0.5) is 0 Å². The predicted molar refractivity (Wildman–Crippen MR) is 91.5 cm³/mol. The molecule has 22 heavy (non-hydrogen) atoms. The molecule has 0 spiro atoms. The van der Waals surface area contributed by atoms with E-state index in [1.165, 1.54) is 24.0 Å². The predicted octanol–water partition coefficient (Wildman–Crippen LogP) is 4.35. The van der Waals surface area contributed by atoms with Crippen molar-refractivity contribution in [1.29, 1.82) is 0 Å². The summed E-state index contributed by atoms with van der Waals surface area (Å²) in [5.74, 6) is 1.21. The van der Waals surface area contributed by atoms with Crippen molar-refractivity contribution in [2.45, 2.75) is 58.4 Å². The highest BCUT2D eigenvalue weighted by Gasteiger charge is 2.29. The SMILES string of the molecule is C[C@@H]1CCC[C@@H](C(=O)/C=C2\NC(C)(C)Cc3ccccc32)C1. The summed E-state index contributed by atoms with van der Waals surface area (Å²) in [6.45, 7) is 6.66. The normalized spacial score (nSPS) is 28.8. The zero-order valence-corrected chi connectivity index (χ0v) is 14.0. The van der Waals surface area contributed by atoms with E-state index >= 15 is 0 Å². The number of carbonyl (C=O) groups is 1. The Morgan fingerprint density at radius 1 is 1.27 bits per heavy atom. The molecule has 3 rings (SSSR count). The Bertz CT molecular complexity index is 599. The fraction of sp³-hybridized carbons (Fsp3) is 0.550. The third kappa shape index (κ3) is 3.26. The van der Waals surface area contributed by atoms with Crippen LogP contribution >= 0.6 is 0 Å². The van der Waals surface area contributed by atoms with Gasteiger partial charge in [0.15, 0.2) is 5.78 Å². The van der Waals surface area contributed by atoms with Gasteiger partial charge in [0.25, 0.3) is 0 Å². The lowest BCUT2D eigenvalue weighted by Gasteiger charge is -2.36. The lowest BCUT2D eigenvalue weighted by molar-refractivity contribution is -0.119. The molecule has 1 aliphatic carbocycles. The van der Waals surface area contributed by atoms with E-state index in [1.54, 1.807) is 0 Å². The fourth-order valence-electron chi connectivity index (χ4n) is 3.96. The second-order valence-electron chi connectivity index (χ2n) is 7.77. The van der Waals surface area contributed by atoms with Crippen molar-refractivity contribution in [2.75, 3.05) is 0 Å². The number of nitrogens with one attached hydrogen (secondary N) is 1. The Kier molecular flexibility index (Phi) is 4.12. The van der Waals surface area contributed by atoms with Crippen molar-refractivity contribution in [3.05, 3.63) is 41.5 Å². The molecule has 1 heterocycles. The molecule has 0 amide bonds. The summed E-state index contributed by atoms with van der Waals surface area (Å²) in [7, 11) is 0. The van der Waals surface area contributed by atoms with Gasteiger partial charge >= 0.3 is 0 Å². The first-order chi connectivity index (χ1) is 10.4. The molecule has 0 saturated heterocycles. The van der Waals surface area contributed by atoms with E-state index in [4.69, 9.17) is 0 Å². The monoisotopic (exact) mass is 297 g/mol. The first-order valence-electron chi connectivity index (χ1n) is 8.56. The van der Waals surface area contributed by atoms with Gasteiger partial charge in [-0.1, -0.05) is 44.0 Å². The van der Waals surface area contributed by atoms with Crippen LogP contribution < -0.4 is 5.32 Å². The molecule has 0 radical (unpaired) electrons. The molecule has 0 unspecified atom stereocenters. The topological polar surface area (TPSA) is 29.1 Å². The number of allylic oxidation sites excluding steroid dienone is 1. The largest absolute Gasteiger partial charge is 0.379 e. The standard InChI is InChI=1S/C20H27NO/c1-14-7-6-9-15(11-14)19(22)12-18-17-10-5-4-8-16(17)13-20(2,3)21-18/h4-5,8,10,12,14-15,21H,6-7,9,11,13H2,1-3H3/b18-12-/t14-,15-/m1/s1. The van der Waals surface area contributed by atoms with Crippen molar-refractivity contribution >= 4 is 11.5 Å². The van der Waals surface area contributed by atoms with E-state index in [0.717, 1.165) is 25.0 Å². The van der Waals surface area contributed by atoms with Crippen LogP contribution in [0.25, 0.3) is 5.70 Å². The van der Waals surface area contributed by atoms with Gasteiger partial charge in [0.2, 0.25) is 0 Å². The summed E-state index contributed by atoms with van der Waals surface area (Å²) in [4.78, 5) is 12.7. The van der Waals surface area contributed by atoms with E-state index in [2.05, 4.69) is 50.4 Å². The van der Waals surface area contributed by atoms with Crippen LogP contribution in [0.5, 0.6) is 0 Å². The zero-order chi connectivity index (χ0) is 15.7. The molecule has 2 nitrogen and oxygen atoms in total. The smallest absolute Gasteiger partial charge is 0.160 e. The van der Waals surface area contributed by atoms with Crippen LogP contribution in [0.15, 0.2) is 30.3 Å². The lowest BCUT2D eigenvalue weighted by atomic mass is 9.79. The van der Waals surface area contributed by atoms with Gasteiger partial charge in [-0.15, -0.1) is 0 Å². The average Bonchev–Trinajstić information content (AvgIpc) is 2.46. The minimum Gasteiger partial charge on any atom is -0.379 e. The number of carbonyl (C=O) groups excluding carboxylic acids is 1. The van der Waals surface area contributed by atoms with Crippen molar-refractivity contribution in [1.82, 2.24) is 5.32 Å². The van der Waals surface area contributed by atoms with Gasteiger partial charge in [-0.05, 0) is 44.6 Å². The molecular weight excluding hydrogens is 270 g/mol. The molecule has 118 valence electrons. The van der Waals surface area contributed by atoms with Gasteiger partial charge in [-0.3, -0.25) is 4.79 Å². The molecule has 1 saturated carbocycles. The van der Waals surface area contributed by atoms with Crippen molar-refractivity contribution in [2.24, 2.45) is 11.8 Å². The number of hydrogen-bond donors (Lipinski definition) is 1. The molecule has 1 aliphatic heterocycles. The van der Waals surface area contributed by atoms with Crippen molar-refractivity contribution in [3.8, 4) is 0 Å². The summed E-state index contributed by atoms with van der Waals surface area (Å²) >= 11 is 0. The Hall–Kier alpha value is -1.57. The first-order valence-corrected chi connectivity index (χ1v) is 8.56. The minimum atomic E-state index is 0.000321. The van der Waals surface area contributed by atoms with Gasteiger partial charge in [-0.25, -0.2) is 0 Å². The van der Waals surface area contributed by atoms with Crippen molar-refractivity contribution in [3.63, 3.8) is 0 Å². The molecule has 2 heteroatoms. The van der Waals surface area contributed by atoms with Gasteiger partial charge in [0, 0.05) is 28.8 Å². The highest BCUT2D eigenvalue weighted by atomic mass is 16.1. The van der Waals surface area contributed by atoms with Crippen LogP contribution in [-0.4, -0.2) is 11.3 Å². The number of fused-ring (bicyclic) bond motifs is 1. The first kappa shape index (κ1) is 15.3. The summed E-state index contributed by atoms with van der Waals surface area (Å²) in [6, 6.07) is 8.45. The Morgan fingerprint density at radius 3 is 2.82 bits per heavy atom. The zero-order valence-electron chi connectivity index (χ0n) is 14.0. The second-order valence-corrected chi connectivity index (χ2v) is 7.77. The second kappa shape index (κ2) is 5.91. The molecular formula is C20H27NO. The van der Waals surface area contributed by atoms with E-state index < -0.39 is 0 Å². The summed E-state index contributed by atoms with van der Waals surface area (Å²) in [5, 5.41) is 3.57. The molecule has 1 aromatic carbocycles. The third-order valence-corrected chi connectivity index (χ3v) is 5.04. The number of benzene rings is 1. The van der Waals surface area contributed by atoms with Crippen LogP contribution in [-0.2, 0) is 11.2 Å². The number of hydrogen-bond acceptors (Lipinski definition) is 2. The van der Waals surface area contributed by atoms with Gasteiger partial charge in [0.1, 0.15) is 0 Å². The highest BCUT2D eigenvalue weighted by Crippen LogP contribution is 2.32. The van der Waals surface area contributed by atoms with Crippen LogP contribution in [0.3, 0.4) is 0 Å². The Labute approximate surface area is 134 Å². The maximum absolute atomic E-state index is 12.7. The fourth-order valence-corrected chi connectivity index (χ4v) is 3.96.